The van der Waals surface area contributed by atoms with Gasteiger partial charge in [0.1, 0.15) is 5.75 Å². The fourth-order valence-corrected chi connectivity index (χ4v) is 10.3. The molecule has 0 bridgehead atoms. The van der Waals surface area contributed by atoms with Gasteiger partial charge >= 0.3 is 0 Å². The van der Waals surface area contributed by atoms with E-state index < -0.39 is 0 Å². The third kappa shape index (κ3) is 5.10. The molecule has 0 aliphatic carbocycles. The van der Waals surface area contributed by atoms with Crippen LogP contribution in [-0.4, -0.2) is 26.2 Å². The number of ether oxygens (including phenoxy) is 1. The lowest BCUT2D eigenvalue weighted by Gasteiger charge is -2.16. The summed E-state index contributed by atoms with van der Waals surface area (Å²) >= 11 is 1.74. The predicted molar refractivity (Wildman–Crippen MR) is 246 cm³/mol. The molecule has 0 saturated heterocycles. The monoisotopic (exact) mass is 774 g/mol. The van der Waals surface area contributed by atoms with Crippen LogP contribution in [0.2, 0.25) is 0 Å². The highest BCUT2D eigenvalue weighted by molar-refractivity contribution is 7.26. The lowest BCUT2D eigenvalue weighted by molar-refractivity contribution is 0.416. The molecule has 0 saturated carbocycles. The molecule has 59 heavy (non-hydrogen) atoms. The molecule has 12 aromatic rings. The van der Waals surface area contributed by atoms with Crippen molar-refractivity contribution in [3.8, 4) is 50.9 Å². The average molecular weight is 775 g/mol. The highest BCUT2D eigenvalue weighted by Gasteiger charge is 2.23. The van der Waals surface area contributed by atoms with Gasteiger partial charge in [0.25, 0.3) is 0 Å². The summed E-state index contributed by atoms with van der Waals surface area (Å²) in [6.45, 7) is 0. The van der Waals surface area contributed by atoms with Gasteiger partial charge in [0, 0.05) is 59.7 Å². The lowest BCUT2D eigenvalue weighted by atomic mass is 9.97. The Morgan fingerprint density at radius 3 is 1.69 bits per heavy atom. The third-order valence-electron chi connectivity index (χ3n) is 11.7. The number of fused-ring (bicyclic) bond motifs is 10. The van der Waals surface area contributed by atoms with Crippen LogP contribution in [0.3, 0.4) is 0 Å². The maximum absolute atomic E-state index is 6.09. The summed E-state index contributed by atoms with van der Waals surface area (Å²) in [6, 6.07) is 66.7. The van der Waals surface area contributed by atoms with Crippen molar-refractivity contribution in [3.63, 3.8) is 0 Å². The summed E-state index contributed by atoms with van der Waals surface area (Å²) in [5.41, 5.74) is 12.8. The molecule has 0 fully saturated rings. The van der Waals surface area contributed by atoms with E-state index in [0.717, 1.165) is 66.2 Å². The lowest BCUT2D eigenvalue weighted by Crippen LogP contribution is -1.98. The van der Waals surface area contributed by atoms with Crippen LogP contribution in [0.15, 0.2) is 188 Å². The summed E-state index contributed by atoms with van der Waals surface area (Å²) in [4.78, 5) is 10.6. The maximum Gasteiger partial charge on any atom is 0.161 e. The topological polar surface area (TPSA) is 44.9 Å². The molecule has 0 aliphatic rings. The van der Waals surface area contributed by atoms with Gasteiger partial charge in [0.05, 0.1) is 45.1 Å². The van der Waals surface area contributed by atoms with Gasteiger partial charge in [-0.2, -0.15) is 0 Å². The van der Waals surface area contributed by atoms with Gasteiger partial charge in [-0.1, -0.05) is 127 Å². The first-order valence-electron chi connectivity index (χ1n) is 19.8. The molecule has 0 radical (unpaired) electrons. The molecule has 12 rings (SSSR count). The molecule has 5 nitrogen and oxygen atoms in total. The zero-order valence-electron chi connectivity index (χ0n) is 32.0. The Morgan fingerprint density at radius 1 is 0.458 bits per heavy atom. The smallest absolute Gasteiger partial charge is 0.161 e. The van der Waals surface area contributed by atoms with Gasteiger partial charge in [-0.25, -0.2) is 9.97 Å². The van der Waals surface area contributed by atoms with E-state index in [0.29, 0.717) is 5.82 Å². The summed E-state index contributed by atoms with van der Waals surface area (Å²) in [5.74, 6) is 1.43. The molecule has 0 spiro atoms. The number of thiophene rings is 1. The average Bonchev–Trinajstić information content (AvgIpc) is 3.97. The first kappa shape index (κ1) is 33.6. The number of benzene rings is 8. The van der Waals surface area contributed by atoms with Crippen molar-refractivity contribution in [3.05, 3.63) is 188 Å². The van der Waals surface area contributed by atoms with Crippen LogP contribution in [0.25, 0.3) is 109 Å². The Labute approximate surface area is 343 Å². The minimum absolute atomic E-state index is 0.666. The van der Waals surface area contributed by atoms with Gasteiger partial charge in [0.2, 0.25) is 0 Å². The molecule has 0 N–H and O–H groups in total. The van der Waals surface area contributed by atoms with Crippen molar-refractivity contribution < 1.29 is 4.74 Å². The van der Waals surface area contributed by atoms with Crippen LogP contribution in [0, 0.1) is 0 Å². The molecule has 278 valence electrons. The van der Waals surface area contributed by atoms with Crippen molar-refractivity contribution in [1.29, 1.82) is 0 Å². The Balaban J connectivity index is 1.05. The summed E-state index contributed by atoms with van der Waals surface area (Å²) < 4.78 is 13.2. The zero-order chi connectivity index (χ0) is 39.0. The summed E-state index contributed by atoms with van der Waals surface area (Å²) in [5, 5.41) is 6.11. The summed E-state index contributed by atoms with van der Waals surface area (Å²) in [6.07, 6.45) is 0. The van der Waals surface area contributed by atoms with E-state index in [1.807, 2.05) is 18.2 Å². The third-order valence-corrected chi connectivity index (χ3v) is 12.8. The molecule has 0 amide bonds. The van der Waals surface area contributed by atoms with Crippen molar-refractivity contribution in [2.75, 3.05) is 7.11 Å². The molecule has 8 aromatic carbocycles. The van der Waals surface area contributed by atoms with Crippen LogP contribution in [-0.2, 0) is 0 Å². The van der Waals surface area contributed by atoms with Gasteiger partial charge < -0.3 is 13.9 Å². The van der Waals surface area contributed by atoms with E-state index in [1.165, 1.54) is 42.8 Å². The van der Waals surface area contributed by atoms with Crippen LogP contribution < -0.4 is 4.74 Å². The van der Waals surface area contributed by atoms with E-state index in [2.05, 4.69) is 179 Å². The Kier molecular flexibility index (Phi) is 7.55. The highest BCUT2D eigenvalue weighted by atomic mass is 32.1. The van der Waals surface area contributed by atoms with E-state index in [4.69, 9.17) is 14.7 Å². The Bertz CT molecular complexity index is 3580. The summed E-state index contributed by atoms with van der Waals surface area (Å²) in [7, 11) is 1.73. The standard InChI is InChI=1S/C53H34N4OS/c1-58-45-25-14-22-40(53-54-50(34-15-4-2-5-16-34)52-51(55-53)39-21-10-13-26-46(39)59-52)47(45)33-27-29-36(30-28-33)57-42-24-12-9-20-38(42)49-44(57)32-31-43-48(49)37-19-8-11-23-41(37)56(43)35-17-6-3-7-18-35/h2-32H,1H3. The number of hydrogen-bond donors (Lipinski definition) is 0. The van der Waals surface area contributed by atoms with Crippen LogP contribution in [0.4, 0.5) is 0 Å². The number of para-hydroxylation sites is 3. The molecule has 0 atom stereocenters. The molecular formula is C53H34N4OS. The van der Waals surface area contributed by atoms with Gasteiger partial charge in [-0.15, -0.1) is 11.3 Å². The van der Waals surface area contributed by atoms with Crippen molar-refractivity contribution in [2.24, 2.45) is 0 Å². The maximum atomic E-state index is 6.09. The van der Waals surface area contributed by atoms with Crippen molar-refractivity contribution in [1.82, 2.24) is 19.1 Å². The molecular weight excluding hydrogens is 741 g/mol. The van der Waals surface area contributed by atoms with E-state index in [1.54, 1.807) is 18.4 Å². The fourth-order valence-electron chi connectivity index (χ4n) is 9.12. The van der Waals surface area contributed by atoms with Crippen LogP contribution in [0.1, 0.15) is 0 Å². The van der Waals surface area contributed by atoms with Gasteiger partial charge in [0.15, 0.2) is 5.82 Å². The van der Waals surface area contributed by atoms with Gasteiger partial charge in [-0.05, 0) is 66.2 Å². The normalized spacial score (nSPS) is 11.8. The minimum Gasteiger partial charge on any atom is -0.496 e. The Hall–Kier alpha value is -7.54. The van der Waals surface area contributed by atoms with Crippen molar-refractivity contribution >= 4 is 75.3 Å². The zero-order valence-corrected chi connectivity index (χ0v) is 32.8. The highest BCUT2D eigenvalue weighted by Crippen LogP contribution is 2.45. The minimum atomic E-state index is 0.666. The van der Waals surface area contributed by atoms with E-state index >= 15 is 0 Å². The van der Waals surface area contributed by atoms with Crippen molar-refractivity contribution in [2.45, 2.75) is 0 Å². The van der Waals surface area contributed by atoms with Crippen LogP contribution >= 0.6 is 11.3 Å². The number of rotatable bonds is 6. The molecule has 0 aliphatic heterocycles. The van der Waals surface area contributed by atoms with E-state index in [-0.39, 0.29) is 0 Å². The Morgan fingerprint density at radius 2 is 1.03 bits per heavy atom. The quantitative estimate of drug-likeness (QED) is 0.169. The number of methoxy groups -OCH3 is 1. The number of hydrogen-bond acceptors (Lipinski definition) is 4. The fraction of sp³-hybridized carbons (Fsp3) is 0.0189. The molecule has 0 unspecified atom stereocenters. The molecule has 4 aromatic heterocycles. The number of nitrogens with zero attached hydrogens (tertiary/aromatic N) is 4. The molecule has 4 heterocycles. The second-order valence-corrected chi connectivity index (χ2v) is 15.9. The SMILES string of the molecule is COc1cccc(-c2nc(-c3ccccc3)c3sc4ccccc4c3n2)c1-c1ccc(-n2c3ccccc3c3c4c5ccccc5n(-c5ccccc5)c4ccc32)cc1. The first-order valence-corrected chi connectivity index (χ1v) is 20.6. The first-order chi connectivity index (χ1) is 29.2. The predicted octanol–water partition coefficient (Wildman–Crippen LogP) is 14.0. The second-order valence-electron chi connectivity index (χ2n) is 14.9. The van der Waals surface area contributed by atoms with Gasteiger partial charge in [-0.3, -0.25) is 0 Å². The second kappa shape index (κ2) is 13.3. The largest absolute Gasteiger partial charge is 0.496 e. The molecule has 6 heteroatoms. The van der Waals surface area contributed by atoms with E-state index in [9.17, 15) is 0 Å². The number of aromatic nitrogens is 4. The van der Waals surface area contributed by atoms with Crippen LogP contribution in [0.5, 0.6) is 5.75 Å².